The topological polar surface area (TPSA) is 102 Å². The Hall–Kier alpha value is -2.91. The van der Waals surface area contributed by atoms with Crippen molar-refractivity contribution in [3.8, 4) is 0 Å². The van der Waals surface area contributed by atoms with E-state index in [1.807, 2.05) is 0 Å². The summed E-state index contributed by atoms with van der Waals surface area (Å²) in [5, 5.41) is 4.61. The molecule has 7 nitrogen and oxygen atoms in total. The lowest BCUT2D eigenvalue weighted by atomic mass is 9.96. The number of esters is 1. The maximum absolute atomic E-state index is 13.4. The summed E-state index contributed by atoms with van der Waals surface area (Å²) in [4.78, 5) is 24.4. The van der Waals surface area contributed by atoms with E-state index in [9.17, 15) is 22.4 Å². The minimum absolute atomic E-state index is 0.0462. The molecular formula is C19H16ClFN2O5S. The zero-order valence-electron chi connectivity index (χ0n) is 15.1. The molecule has 0 fully saturated rings. The molecule has 0 bridgehead atoms. The van der Waals surface area contributed by atoms with Crippen molar-refractivity contribution < 1.29 is 27.1 Å². The zero-order chi connectivity index (χ0) is 21.2. The number of amides is 2. The van der Waals surface area contributed by atoms with Gasteiger partial charge in [0, 0.05) is 5.70 Å². The van der Waals surface area contributed by atoms with Gasteiger partial charge in [-0.25, -0.2) is 22.4 Å². The van der Waals surface area contributed by atoms with E-state index in [-0.39, 0.29) is 21.2 Å². The molecule has 0 saturated heterocycles. The fourth-order valence-electron chi connectivity index (χ4n) is 2.92. The first-order chi connectivity index (χ1) is 13.7. The predicted octanol–water partition coefficient (Wildman–Crippen LogP) is 2.73. The van der Waals surface area contributed by atoms with Gasteiger partial charge >= 0.3 is 12.0 Å². The number of sulfone groups is 1. The van der Waals surface area contributed by atoms with Crippen molar-refractivity contribution in [2.45, 2.75) is 10.9 Å². The highest BCUT2D eigenvalue weighted by Crippen LogP contribution is 2.29. The number of benzene rings is 2. The molecule has 3 rings (SSSR count). The van der Waals surface area contributed by atoms with Crippen molar-refractivity contribution in [2.24, 2.45) is 0 Å². The van der Waals surface area contributed by atoms with Crippen molar-refractivity contribution in [3.05, 3.63) is 76.2 Å². The molecule has 2 aromatic rings. The van der Waals surface area contributed by atoms with Gasteiger partial charge in [0.2, 0.25) is 0 Å². The lowest BCUT2D eigenvalue weighted by Crippen LogP contribution is -2.47. The van der Waals surface area contributed by atoms with Gasteiger partial charge in [-0.05, 0) is 23.8 Å². The van der Waals surface area contributed by atoms with Gasteiger partial charge in [-0.15, -0.1) is 0 Å². The molecule has 0 spiro atoms. The van der Waals surface area contributed by atoms with Crippen LogP contribution >= 0.6 is 11.6 Å². The Morgan fingerprint density at radius 3 is 2.52 bits per heavy atom. The van der Waals surface area contributed by atoms with E-state index in [1.165, 1.54) is 0 Å². The van der Waals surface area contributed by atoms with E-state index >= 15 is 0 Å². The normalized spacial score (nSPS) is 16.8. The third-order valence-corrected chi connectivity index (χ3v) is 6.21. The molecule has 1 aliphatic rings. The smallest absolute Gasteiger partial charge is 0.338 e. The van der Waals surface area contributed by atoms with Crippen molar-refractivity contribution in [1.82, 2.24) is 10.6 Å². The average molecular weight is 439 g/mol. The number of ether oxygens (including phenoxy) is 1. The van der Waals surface area contributed by atoms with Crippen molar-refractivity contribution >= 4 is 33.4 Å². The first-order valence-corrected chi connectivity index (χ1v) is 10.4. The largest absolute Gasteiger partial charge is 0.466 e. The first kappa shape index (κ1) is 20.8. The molecule has 1 atom stereocenters. The van der Waals surface area contributed by atoms with Crippen LogP contribution < -0.4 is 10.6 Å². The van der Waals surface area contributed by atoms with E-state index in [0.717, 1.165) is 25.3 Å². The molecule has 2 N–H and O–H groups in total. The predicted molar refractivity (Wildman–Crippen MR) is 103 cm³/mol. The maximum atomic E-state index is 13.4. The standard InChI is InChI=1S/C19H16ClFN2O5S/c1-28-18(24)16-15(10-29(26,27)12-7-8-14(21)13(20)9-12)22-19(25)23-17(16)11-5-3-2-4-6-11/h2-9,17H,10H2,1H3,(H2,22,23,25). The van der Waals surface area contributed by atoms with Crippen LogP contribution in [0.5, 0.6) is 0 Å². The van der Waals surface area contributed by atoms with E-state index < -0.39 is 39.4 Å². The quantitative estimate of drug-likeness (QED) is 0.552. The summed E-state index contributed by atoms with van der Waals surface area (Å²) in [6.07, 6.45) is 0. The fraction of sp³-hybridized carbons (Fsp3) is 0.158. The van der Waals surface area contributed by atoms with E-state index in [4.69, 9.17) is 16.3 Å². The van der Waals surface area contributed by atoms with Crippen LogP contribution in [0.1, 0.15) is 11.6 Å². The van der Waals surface area contributed by atoms with Crippen LogP contribution in [0.3, 0.4) is 0 Å². The number of hydrogen-bond acceptors (Lipinski definition) is 5. The van der Waals surface area contributed by atoms with Gasteiger partial charge < -0.3 is 15.4 Å². The van der Waals surface area contributed by atoms with Crippen LogP contribution in [0.15, 0.2) is 64.7 Å². The number of urea groups is 1. The molecule has 0 aromatic heterocycles. The van der Waals surface area contributed by atoms with Gasteiger partial charge in [-0.1, -0.05) is 41.9 Å². The summed E-state index contributed by atoms with van der Waals surface area (Å²) in [5.74, 6) is -2.27. The number of halogens is 2. The minimum Gasteiger partial charge on any atom is -0.466 e. The lowest BCUT2D eigenvalue weighted by molar-refractivity contribution is -0.136. The number of carbonyl (C=O) groups excluding carboxylic acids is 2. The Bertz CT molecular complexity index is 1100. The molecule has 29 heavy (non-hydrogen) atoms. The summed E-state index contributed by atoms with van der Waals surface area (Å²) in [5.41, 5.74) is 0.396. The molecule has 2 aromatic carbocycles. The summed E-state index contributed by atoms with van der Waals surface area (Å²) in [6.45, 7) is 0. The molecule has 0 aliphatic carbocycles. The Morgan fingerprint density at radius 1 is 1.21 bits per heavy atom. The van der Waals surface area contributed by atoms with Gasteiger partial charge in [-0.3, -0.25) is 0 Å². The Balaban J connectivity index is 2.09. The second-order valence-corrected chi connectivity index (χ2v) is 8.56. The molecule has 0 saturated carbocycles. The second-order valence-electron chi connectivity index (χ2n) is 6.16. The highest BCUT2D eigenvalue weighted by molar-refractivity contribution is 7.91. The Labute approximate surface area is 171 Å². The summed E-state index contributed by atoms with van der Waals surface area (Å²) in [7, 11) is -2.91. The van der Waals surface area contributed by atoms with Gasteiger partial charge in [0.05, 0.1) is 34.4 Å². The van der Waals surface area contributed by atoms with Crippen LogP contribution in [-0.2, 0) is 19.4 Å². The molecule has 0 radical (unpaired) electrons. The van der Waals surface area contributed by atoms with Gasteiger partial charge in [0.25, 0.3) is 0 Å². The summed E-state index contributed by atoms with van der Waals surface area (Å²) >= 11 is 5.69. The van der Waals surface area contributed by atoms with Gasteiger partial charge in [0.1, 0.15) is 5.82 Å². The highest BCUT2D eigenvalue weighted by atomic mass is 35.5. The number of nitrogens with one attached hydrogen (secondary N) is 2. The average Bonchev–Trinajstić information content (AvgIpc) is 2.69. The summed E-state index contributed by atoms with van der Waals surface area (Å²) < 4.78 is 43.9. The molecule has 10 heteroatoms. The van der Waals surface area contributed by atoms with Crippen LogP contribution in [-0.4, -0.2) is 33.3 Å². The van der Waals surface area contributed by atoms with E-state index in [1.54, 1.807) is 30.3 Å². The van der Waals surface area contributed by atoms with E-state index in [0.29, 0.717) is 5.56 Å². The van der Waals surface area contributed by atoms with Gasteiger partial charge in [-0.2, -0.15) is 0 Å². The molecule has 2 amide bonds. The Morgan fingerprint density at radius 2 is 1.90 bits per heavy atom. The third kappa shape index (κ3) is 4.41. The van der Waals surface area contributed by atoms with Crippen molar-refractivity contribution in [2.75, 3.05) is 12.9 Å². The molecule has 152 valence electrons. The number of rotatable bonds is 5. The number of methoxy groups -OCH3 is 1. The molecule has 1 aliphatic heterocycles. The van der Waals surface area contributed by atoms with Crippen LogP contribution in [0.4, 0.5) is 9.18 Å². The maximum Gasteiger partial charge on any atom is 0.338 e. The lowest BCUT2D eigenvalue weighted by Gasteiger charge is -2.29. The highest BCUT2D eigenvalue weighted by Gasteiger charge is 2.35. The van der Waals surface area contributed by atoms with Crippen LogP contribution in [0.2, 0.25) is 5.02 Å². The van der Waals surface area contributed by atoms with Gasteiger partial charge in [0.15, 0.2) is 9.84 Å². The SMILES string of the molecule is COC(=O)C1=C(CS(=O)(=O)c2ccc(F)c(Cl)c2)NC(=O)NC1c1ccccc1. The third-order valence-electron chi connectivity index (χ3n) is 4.28. The minimum atomic E-state index is -4.06. The van der Waals surface area contributed by atoms with Crippen LogP contribution in [0.25, 0.3) is 0 Å². The first-order valence-electron chi connectivity index (χ1n) is 8.34. The van der Waals surface area contributed by atoms with Crippen LogP contribution in [0, 0.1) is 5.82 Å². The van der Waals surface area contributed by atoms with E-state index in [2.05, 4.69) is 10.6 Å². The molecule has 1 heterocycles. The van der Waals surface area contributed by atoms with Crippen molar-refractivity contribution in [3.63, 3.8) is 0 Å². The second kappa shape index (κ2) is 8.22. The number of carbonyl (C=O) groups is 2. The number of hydrogen-bond donors (Lipinski definition) is 2. The molecular weight excluding hydrogens is 423 g/mol. The molecule has 1 unspecified atom stereocenters. The fourth-order valence-corrected chi connectivity index (χ4v) is 4.51. The Kier molecular flexibility index (Phi) is 5.90. The van der Waals surface area contributed by atoms with Crippen molar-refractivity contribution in [1.29, 1.82) is 0 Å². The monoisotopic (exact) mass is 438 g/mol. The zero-order valence-corrected chi connectivity index (χ0v) is 16.7. The summed E-state index contributed by atoms with van der Waals surface area (Å²) in [6, 6.07) is 9.96.